The summed E-state index contributed by atoms with van der Waals surface area (Å²) < 4.78 is 47.9. The Hall–Kier alpha value is -4.37. The monoisotopic (exact) mass is 578 g/mol. The minimum absolute atomic E-state index is 0.0581. The van der Waals surface area contributed by atoms with Crippen molar-refractivity contribution in [3.05, 3.63) is 119 Å². The number of hydrogen-bond donors (Lipinski definition) is 2. The largest absolute Gasteiger partial charge is 0.496 e. The number of aromatic nitrogens is 1. The second-order valence-electron chi connectivity index (χ2n) is 10.3. The average Bonchev–Trinajstić information content (AvgIpc) is 2.98. The summed E-state index contributed by atoms with van der Waals surface area (Å²) in [4.78, 5) is 17.9. The number of aliphatic hydroxyl groups excluding tert-OH is 1. The van der Waals surface area contributed by atoms with Gasteiger partial charge in [-0.05, 0) is 71.0 Å². The van der Waals surface area contributed by atoms with E-state index in [4.69, 9.17) is 4.74 Å². The lowest BCUT2D eigenvalue weighted by Gasteiger charge is -2.33. The van der Waals surface area contributed by atoms with Gasteiger partial charge in [0.25, 0.3) is 0 Å². The lowest BCUT2D eigenvalue weighted by atomic mass is 9.87. The van der Waals surface area contributed by atoms with Gasteiger partial charge < -0.3 is 14.9 Å². The van der Waals surface area contributed by atoms with Gasteiger partial charge in [-0.3, -0.25) is 9.88 Å². The molecule has 6 nitrogen and oxygen atoms in total. The first-order valence-corrected chi connectivity index (χ1v) is 13.5. The van der Waals surface area contributed by atoms with Crippen molar-refractivity contribution in [2.75, 3.05) is 13.7 Å². The highest BCUT2D eigenvalue weighted by molar-refractivity contribution is 5.76. The first-order valence-electron chi connectivity index (χ1n) is 13.5. The fourth-order valence-electron chi connectivity index (χ4n) is 4.97. The molecular weight excluding hydrogens is 545 g/mol. The Kier molecular flexibility index (Phi) is 9.52. The van der Waals surface area contributed by atoms with Gasteiger partial charge in [0.1, 0.15) is 11.9 Å². The molecule has 1 amide bonds. The third kappa shape index (κ3) is 7.09. The van der Waals surface area contributed by atoms with E-state index in [-0.39, 0.29) is 23.6 Å². The fraction of sp³-hybridized carbons (Fsp3) is 0.273. The molecule has 0 aliphatic carbocycles. The van der Waals surface area contributed by atoms with Gasteiger partial charge in [-0.1, -0.05) is 62.4 Å². The van der Waals surface area contributed by atoms with Gasteiger partial charge in [0.15, 0.2) is 0 Å². The van der Waals surface area contributed by atoms with Gasteiger partial charge in [0, 0.05) is 11.8 Å². The minimum atomic E-state index is -4.67. The molecule has 0 saturated heterocycles. The van der Waals surface area contributed by atoms with E-state index in [1.807, 2.05) is 26.0 Å². The number of carboxylic acid groups (broad SMARTS) is 1. The summed E-state index contributed by atoms with van der Waals surface area (Å²) in [5.41, 5.74) is 2.09. The van der Waals surface area contributed by atoms with Crippen LogP contribution in [0, 0.1) is 0 Å². The van der Waals surface area contributed by atoms with Crippen molar-refractivity contribution in [3.63, 3.8) is 0 Å². The van der Waals surface area contributed by atoms with E-state index >= 15 is 0 Å². The summed E-state index contributed by atoms with van der Waals surface area (Å²) in [6.45, 7) is 3.59. The van der Waals surface area contributed by atoms with Crippen LogP contribution in [-0.4, -0.2) is 39.8 Å². The number of pyridine rings is 1. The number of methoxy groups -OCH3 is 1. The van der Waals surface area contributed by atoms with Crippen molar-refractivity contribution in [3.8, 4) is 16.9 Å². The number of benzene rings is 3. The molecule has 0 bridgehead atoms. The Balaban J connectivity index is 1.96. The molecule has 0 radical (unpaired) electrons. The molecular formula is C33H33F3N2O4. The lowest BCUT2D eigenvalue weighted by Crippen LogP contribution is -2.38. The summed E-state index contributed by atoms with van der Waals surface area (Å²) in [6, 6.07) is 21.6. The second kappa shape index (κ2) is 13.1. The zero-order chi connectivity index (χ0) is 30.4. The van der Waals surface area contributed by atoms with Crippen LogP contribution in [0.15, 0.2) is 91.1 Å². The summed E-state index contributed by atoms with van der Waals surface area (Å²) in [5, 5.41) is 21.4. The number of nitrogens with zero attached hydrogens (tertiary/aromatic N) is 2. The van der Waals surface area contributed by atoms with Gasteiger partial charge in [0.2, 0.25) is 0 Å². The maximum Gasteiger partial charge on any atom is 0.416 e. The van der Waals surface area contributed by atoms with Gasteiger partial charge in [0.05, 0.1) is 31.0 Å². The summed E-state index contributed by atoms with van der Waals surface area (Å²) in [6.07, 6.45) is -5.84. The van der Waals surface area contributed by atoms with E-state index < -0.39 is 36.5 Å². The topological polar surface area (TPSA) is 82.9 Å². The van der Waals surface area contributed by atoms with Crippen molar-refractivity contribution in [2.24, 2.45) is 0 Å². The smallest absolute Gasteiger partial charge is 0.416 e. The van der Waals surface area contributed by atoms with Crippen LogP contribution in [0.2, 0.25) is 0 Å². The van der Waals surface area contributed by atoms with Crippen LogP contribution in [0.25, 0.3) is 11.1 Å². The highest BCUT2D eigenvalue weighted by atomic mass is 19.4. The Morgan fingerprint density at radius 2 is 1.67 bits per heavy atom. The number of aliphatic hydroxyl groups is 1. The molecule has 0 spiro atoms. The van der Waals surface area contributed by atoms with Crippen LogP contribution in [0.4, 0.5) is 18.0 Å². The molecule has 3 aromatic carbocycles. The Morgan fingerprint density at radius 3 is 2.26 bits per heavy atom. The molecule has 220 valence electrons. The van der Waals surface area contributed by atoms with E-state index in [9.17, 15) is 28.2 Å². The van der Waals surface area contributed by atoms with Crippen molar-refractivity contribution < 1.29 is 32.9 Å². The molecule has 0 saturated carbocycles. The molecule has 2 N–H and O–H groups in total. The molecule has 0 fully saturated rings. The maximum absolute atomic E-state index is 14.1. The predicted molar refractivity (Wildman–Crippen MR) is 154 cm³/mol. The maximum atomic E-state index is 14.1. The number of hydrogen-bond acceptors (Lipinski definition) is 4. The van der Waals surface area contributed by atoms with Crippen LogP contribution >= 0.6 is 0 Å². The van der Waals surface area contributed by atoms with Crippen molar-refractivity contribution in [2.45, 2.75) is 44.5 Å². The number of halogens is 3. The van der Waals surface area contributed by atoms with Gasteiger partial charge in [-0.2, -0.15) is 13.2 Å². The number of ether oxygens (including phenoxy) is 1. The first-order chi connectivity index (χ1) is 20.0. The molecule has 2 unspecified atom stereocenters. The summed E-state index contributed by atoms with van der Waals surface area (Å²) in [7, 11) is 1.48. The highest BCUT2D eigenvalue weighted by Gasteiger charge is 2.35. The average molecular weight is 579 g/mol. The van der Waals surface area contributed by atoms with Crippen molar-refractivity contribution in [1.82, 2.24) is 9.88 Å². The Labute approximate surface area is 243 Å². The standard InChI is InChI=1S/C33H33F3N2O4/c1-21(2)23-12-15-31(42-3)27(18-23)25-14-13-24(33(34,35)36)19-26(25)29(17-22-9-5-4-6-10-22)38(32(40)41)20-30(39)28-11-7-8-16-37-28/h4-16,18-19,21,29-30,39H,17,20H2,1-3H3,(H,40,41). The fourth-order valence-corrected chi connectivity index (χ4v) is 4.97. The first kappa shape index (κ1) is 30.6. The van der Waals surface area contributed by atoms with Crippen LogP contribution in [0.3, 0.4) is 0 Å². The third-order valence-electron chi connectivity index (χ3n) is 7.21. The third-order valence-corrected chi connectivity index (χ3v) is 7.21. The zero-order valence-electron chi connectivity index (χ0n) is 23.5. The van der Waals surface area contributed by atoms with Gasteiger partial charge in [-0.25, -0.2) is 4.79 Å². The van der Waals surface area contributed by atoms with E-state index in [0.29, 0.717) is 22.4 Å². The molecule has 1 heterocycles. The number of rotatable bonds is 10. The van der Waals surface area contributed by atoms with E-state index in [1.54, 1.807) is 54.6 Å². The number of amides is 1. The molecule has 2 atom stereocenters. The quantitative estimate of drug-likeness (QED) is 0.200. The van der Waals surface area contributed by atoms with Crippen molar-refractivity contribution >= 4 is 6.09 Å². The molecule has 4 aromatic rings. The molecule has 1 aromatic heterocycles. The molecule has 0 aliphatic rings. The van der Waals surface area contributed by atoms with E-state index in [2.05, 4.69) is 4.98 Å². The van der Waals surface area contributed by atoms with Crippen LogP contribution in [0.1, 0.15) is 59.9 Å². The van der Waals surface area contributed by atoms with Gasteiger partial charge in [-0.15, -0.1) is 0 Å². The summed E-state index contributed by atoms with van der Waals surface area (Å²) >= 11 is 0. The zero-order valence-corrected chi connectivity index (χ0v) is 23.5. The van der Waals surface area contributed by atoms with Crippen molar-refractivity contribution in [1.29, 1.82) is 0 Å². The SMILES string of the molecule is COc1ccc(C(C)C)cc1-c1ccc(C(F)(F)F)cc1C(Cc1ccccc1)N(CC(O)c1ccccn1)C(=O)O. The number of alkyl halides is 3. The predicted octanol–water partition coefficient (Wildman–Crippen LogP) is 7.90. The molecule has 0 aliphatic heterocycles. The minimum Gasteiger partial charge on any atom is -0.496 e. The Morgan fingerprint density at radius 1 is 0.952 bits per heavy atom. The van der Waals surface area contributed by atoms with E-state index in [1.165, 1.54) is 19.4 Å². The molecule has 9 heteroatoms. The summed E-state index contributed by atoms with van der Waals surface area (Å²) in [5.74, 6) is 0.561. The lowest BCUT2D eigenvalue weighted by molar-refractivity contribution is -0.137. The normalized spacial score (nSPS) is 13.0. The van der Waals surface area contributed by atoms with Crippen LogP contribution < -0.4 is 4.74 Å². The van der Waals surface area contributed by atoms with Gasteiger partial charge >= 0.3 is 12.3 Å². The number of carbonyl (C=O) groups is 1. The highest BCUT2D eigenvalue weighted by Crippen LogP contribution is 2.42. The van der Waals surface area contributed by atoms with Crippen LogP contribution in [0.5, 0.6) is 5.75 Å². The second-order valence-corrected chi connectivity index (χ2v) is 10.3. The molecule has 4 rings (SSSR count). The van der Waals surface area contributed by atoms with Crippen LogP contribution in [-0.2, 0) is 12.6 Å². The Bertz CT molecular complexity index is 1490. The molecule has 42 heavy (non-hydrogen) atoms. The van der Waals surface area contributed by atoms with E-state index in [0.717, 1.165) is 22.6 Å².